The molecule has 4 aromatic rings. The van der Waals surface area contributed by atoms with E-state index in [4.69, 9.17) is 4.42 Å². The van der Waals surface area contributed by atoms with E-state index in [0.29, 0.717) is 18.7 Å². The largest absolute Gasteiger partial charge is 0.450 e. The molecule has 5 nitrogen and oxygen atoms in total. The zero-order valence-corrected chi connectivity index (χ0v) is 16.7. The molecule has 1 fully saturated rings. The van der Waals surface area contributed by atoms with Crippen molar-refractivity contribution in [3.8, 4) is 0 Å². The average Bonchev–Trinajstić information content (AvgIpc) is 3.39. The van der Waals surface area contributed by atoms with E-state index in [-0.39, 0.29) is 11.8 Å². The number of amides is 2. The molecule has 5 rings (SSSR count). The highest BCUT2D eigenvalue weighted by molar-refractivity contribution is 6.09. The maximum Gasteiger partial charge on any atom is 0.290 e. The van der Waals surface area contributed by atoms with Gasteiger partial charge in [0, 0.05) is 28.6 Å². The van der Waals surface area contributed by atoms with Crippen molar-refractivity contribution in [3.05, 3.63) is 78.1 Å². The predicted octanol–water partition coefficient (Wildman–Crippen LogP) is 5.14. The van der Waals surface area contributed by atoms with Gasteiger partial charge in [0.25, 0.3) is 5.91 Å². The number of aryl methyl sites for hydroxylation is 1. The van der Waals surface area contributed by atoms with Crippen LogP contribution in [0.2, 0.25) is 0 Å². The average molecular weight is 398 g/mol. The summed E-state index contributed by atoms with van der Waals surface area (Å²) in [5.74, 6) is -0.0643. The first-order chi connectivity index (χ1) is 14.6. The summed E-state index contributed by atoms with van der Waals surface area (Å²) in [7, 11) is 0. The van der Waals surface area contributed by atoms with E-state index < -0.39 is 6.04 Å². The van der Waals surface area contributed by atoms with Gasteiger partial charge in [-0.15, -0.1) is 0 Å². The maximum atomic E-state index is 13.4. The van der Waals surface area contributed by atoms with Gasteiger partial charge >= 0.3 is 0 Å². The number of hydrogen-bond acceptors (Lipinski definition) is 3. The standard InChI is InChI=1S/C25H22N2O3/c1-16-19-14-13-17-8-5-6-11-20(17)23(19)30-22(16)25(29)27-15-7-12-21(27)24(28)26-18-9-3-2-4-10-18/h2-6,8-11,13-14,21H,7,12,15H2,1H3,(H,26,28). The van der Waals surface area contributed by atoms with Gasteiger partial charge in [-0.3, -0.25) is 9.59 Å². The number of rotatable bonds is 3. The number of hydrogen-bond donors (Lipinski definition) is 1. The van der Waals surface area contributed by atoms with Gasteiger partial charge in [0.15, 0.2) is 5.76 Å². The molecule has 0 aliphatic carbocycles. The molecule has 1 atom stereocenters. The summed E-state index contributed by atoms with van der Waals surface area (Å²) in [5.41, 5.74) is 2.27. The van der Waals surface area contributed by atoms with Crippen LogP contribution in [0.25, 0.3) is 21.7 Å². The molecule has 1 aliphatic heterocycles. The number of nitrogens with zero attached hydrogens (tertiary/aromatic N) is 1. The van der Waals surface area contributed by atoms with Crippen LogP contribution < -0.4 is 5.32 Å². The molecule has 150 valence electrons. The van der Waals surface area contributed by atoms with Gasteiger partial charge < -0.3 is 14.6 Å². The van der Waals surface area contributed by atoms with Crippen molar-refractivity contribution in [2.75, 3.05) is 11.9 Å². The van der Waals surface area contributed by atoms with E-state index in [9.17, 15) is 9.59 Å². The number of furan rings is 1. The van der Waals surface area contributed by atoms with Crippen LogP contribution >= 0.6 is 0 Å². The number of benzene rings is 3. The molecule has 2 heterocycles. The van der Waals surface area contributed by atoms with Gasteiger partial charge in [-0.05, 0) is 37.3 Å². The van der Waals surface area contributed by atoms with Gasteiger partial charge in [0.1, 0.15) is 11.6 Å². The van der Waals surface area contributed by atoms with Crippen molar-refractivity contribution in [1.82, 2.24) is 4.90 Å². The summed E-state index contributed by atoms with van der Waals surface area (Å²) < 4.78 is 6.11. The molecule has 3 aromatic carbocycles. The third kappa shape index (κ3) is 3.03. The first-order valence-electron chi connectivity index (χ1n) is 10.2. The van der Waals surface area contributed by atoms with Gasteiger partial charge in [0.2, 0.25) is 5.91 Å². The minimum atomic E-state index is -0.498. The monoisotopic (exact) mass is 398 g/mol. The molecular formula is C25H22N2O3. The van der Waals surface area contributed by atoms with Crippen LogP contribution in [0.15, 0.2) is 71.1 Å². The molecule has 0 saturated carbocycles. The zero-order chi connectivity index (χ0) is 20.7. The Balaban J connectivity index is 1.47. The van der Waals surface area contributed by atoms with Crippen LogP contribution in [-0.2, 0) is 4.79 Å². The lowest BCUT2D eigenvalue weighted by atomic mass is 10.1. The minimum Gasteiger partial charge on any atom is -0.450 e. The lowest BCUT2D eigenvalue weighted by Crippen LogP contribution is -2.43. The zero-order valence-electron chi connectivity index (χ0n) is 16.7. The molecule has 1 unspecified atom stereocenters. The Labute approximate surface area is 174 Å². The predicted molar refractivity (Wildman–Crippen MR) is 118 cm³/mol. The summed E-state index contributed by atoms with van der Waals surface area (Å²) in [4.78, 5) is 27.9. The maximum absolute atomic E-state index is 13.4. The molecule has 2 amide bonds. The van der Waals surface area contributed by atoms with Crippen molar-refractivity contribution in [2.24, 2.45) is 0 Å². The highest BCUT2D eigenvalue weighted by Crippen LogP contribution is 2.33. The fourth-order valence-electron chi connectivity index (χ4n) is 4.31. The van der Waals surface area contributed by atoms with Crippen LogP contribution in [0.5, 0.6) is 0 Å². The Morgan fingerprint density at radius 1 is 0.967 bits per heavy atom. The van der Waals surface area contributed by atoms with Crippen molar-refractivity contribution in [3.63, 3.8) is 0 Å². The lowest BCUT2D eigenvalue weighted by Gasteiger charge is -2.23. The van der Waals surface area contributed by atoms with E-state index in [0.717, 1.165) is 39.4 Å². The molecule has 1 aliphatic rings. The van der Waals surface area contributed by atoms with Gasteiger partial charge in [-0.25, -0.2) is 0 Å². The van der Waals surface area contributed by atoms with Gasteiger partial charge in [-0.2, -0.15) is 0 Å². The fraction of sp³-hybridized carbons (Fsp3) is 0.200. The number of nitrogens with one attached hydrogen (secondary N) is 1. The SMILES string of the molecule is Cc1c(C(=O)N2CCCC2C(=O)Nc2ccccc2)oc2c1ccc1ccccc12. The Morgan fingerprint density at radius 2 is 1.73 bits per heavy atom. The molecule has 0 bridgehead atoms. The first kappa shape index (κ1) is 18.4. The number of fused-ring (bicyclic) bond motifs is 3. The van der Waals surface area contributed by atoms with Gasteiger partial charge in [0.05, 0.1) is 0 Å². The summed E-state index contributed by atoms with van der Waals surface area (Å²) in [6, 6.07) is 20.8. The van der Waals surface area contributed by atoms with Crippen LogP contribution in [-0.4, -0.2) is 29.3 Å². The number of likely N-dealkylation sites (tertiary alicyclic amines) is 1. The molecule has 0 radical (unpaired) electrons. The Hall–Kier alpha value is -3.60. The number of carbonyl (C=O) groups excluding carboxylic acids is 2. The summed E-state index contributed by atoms with van der Waals surface area (Å²) in [6.07, 6.45) is 1.44. The second-order valence-electron chi connectivity index (χ2n) is 7.73. The molecule has 1 N–H and O–H groups in total. The summed E-state index contributed by atoms with van der Waals surface area (Å²) >= 11 is 0. The topological polar surface area (TPSA) is 62.6 Å². The smallest absolute Gasteiger partial charge is 0.290 e. The second kappa shape index (κ2) is 7.34. The van der Waals surface area contributed by atoms with Crippen LogP contribution in [0.4, 0.5) is 5.69 Å². The van der Waals surface area contributed by atoms with E-state index in [2.05, 4.69) is 5.32 Å². The van der Waals surface area contributed by atoms with Crippen LogP contribution in [0, 0.1) is 6.92 Å². The number of anilines is 1. The summed E-state index contributed by atoms with van der Waals surface area (Å²) in [5, 5.41) is 5.91. The summed E-state index contributed by atoms with van der Waals surface area (Å²) in [6.45, 7) is 2.45. The van der Waals surface area contributed by atoms with Crippen LogP contribution in [0.3, 0.4) is 0 Å². The molecule has 5 heteroatoms. The second-order valence-corrected chi connectivity index (χ2v) is 7.73. The number of para-hydroxylation sites is 1. The van der Waals surface area contributed by atoms with Crippen molar-refractivity contribution in [2.45, 2.75) is 25.8 Å². The third-order valence-electron chi connectivity index (χ3n) is 5.88. The lowest BCUT2D eigenvalue weighted by molar-refractivity contribution is -0.119. The Bertz CT molecular complexity index is 1260. The highest BCUT2D eigenvalue weighted by Gasteiger charge is 2.36. The third-order valence-corrected chi connectivity index (χ3v) is 5.88. The first-order valence-corrected chi connectivity index (χ1v) is 10.2. The van der Waals surface area contributed by atoms with Crippen molar-refractivity contribution >= 4 is 39.2 Å². The Morgan fingerprint density at radius 3 is 2.57 bits per heavy atom. The fourth-order valence-corrected chi connectivity index (χ4v) is 4.31. The normalized spacial score (nSPS) is 16.3. The molecular weight excluding hydrogens is 376 g/mol. The molecule has 1 saturated heterocycles. The molecule has 0 spiro atoms. The minimum absolute atomic E-state index is 0.161. The van der Waals surface area contributed by atoms with Crippen molar-refractivity contribution < 1.29 is 14.0 Å². The quantitative estimate of drug-likeness (QED) is 0.520. The van der Waals surface area contributed by atoms with E-state index in [1.807, 2.05) is 73.7 Å². The Kier molecular flexibility index (Phi) is 4.51. The number of carbonyl (C=O) groups is 2. The molecule has 1 aromatic heterocycles. The van der Waals surface area contributed by atoms with E-state index in [1.165, 1.54) is 0 Å². The van der Waals surface area contributed by atoms with Crippen molar-refractivity contribution in [1.29, 1.82) is 0 Å². The highest BCUT2D eigenvalue weighted by atomic mass is 16.3. The van der Waals surface area contributed by atoms with E-state index in [1.54, 1.807) is 4.90 Å². The van der Waals surface area contributed by atoms with Crippen LogP contribution in [0.1, 0.15) is 29.0 Å². The molecule has 30 heavy (non-hydrogen) atoms. The van der Waals surface area contributed by atoms with E-state index >= 15 is 0 Å². The van der Waals surface area contributed by atoms with Gasteiger partial charge in [-0.1, -0.05) is 54.6 Å².